The van der Waals surface area contributed by atoms with Gasteiger partial charge in [-0.3, -0.25) is 9.59 Å². The van der Waals surface area contributed by atoms with E-state index in [4.69, 9.17) is 28.4 Å². The maximum atomic E-state index is 13.5. The highest BCUT2D eigenvalue weighted by Crippen LogP contribution is 2.39. The van der Waals surface area contributed by atoms with Crippen LogP contribution in [0.2, 0.25) is 0 Å². The molecule has 0 saturated carbocycles. The number of aliphatic hydroxyl groups excluding tert-OH is 11. The number of aliphatic carboxylic acids is 1. The number of amides is 2. The predicted octanol–water partition coefficient (Wildman–Crippen LogP) is 9.80. The first kappa shape index (κ1) is 90.7. The molecule has 3 fully saturated rings. The number of hydrogen-bond acceptors (Lipinski definition) is 20. The topological polar surface area (TPSA) is 373 Å². The molecule has 23 heteroatoms. The van der Waals surface area contributed by atoms with Gasteiger partial charge in [0, 0.05) is 19.8 Å². The zero-order valence-corrected chi connectivity index (χ0v) is 61.4. The fraction of sp³-hybridized carbons (Fsp3) is 0.934. The first-order chi connectivity index (χ1) is 47.9. The Balaban J connectivity index is 1.54. The van der Waals surface area contributed by atoms with Crippen molar-refractivity contribution >= 4 is 17.8 Å². The first-order valence-corrected chi connectivity index (χ1v) is 39.6. The summed E-state index contributed by atoms with van der Waals surface area (Å²) in [7, 11) is 0. The molecule has 0 aromatic carbocycles. The summed E-state index contributed by atoms with van der Waals surface area (Å²) in [4.78, 5) is 38.7. The van der Waals surface area contributed by atoms with Crippen LogP contribution < -0.4 is 10.6 Å². The second-order valence-corrected chi connectivity index (χ2v) is 28.9. The van der Waals surface area contributed by atoms with Crippen molar-refractivity contribution in [3.63, 3.8) is 0 Å². The summed E-state index contributed by atoms with van der Waals surface area (Å²) in [5.41, 5.74) is 0. The van der Waals surface area contributed by atoms with Gasteiger partial charge in [-0.1, -0.05) is 289 Å². The standard InChI is InChI=1S/C76H142N2O21/c1-4-6-8-10-12-14-16-18-20-22-24-26-28-29-31-33-35-37-39-41-43-45-47-49-58(83)57(78-63(86)50-48-46-44-42-40-38-36-34-32-30-27-25-23-21-19-17-15-13-11-9-7-5-2)55-94-73-68(90)67(89)70(62(54-81)96-73)97-74-69(91)72(66(88)61(53-80)95-74)99-76(75(92)93)51-59(84)64(77-56(3)82)71(98-76)65(87)60(85)52-79/h47,49,57-62,64-74,79-81,83-85,87-91H,4-46,48,50-55H2,1-3H3,(H,77,82)(H,78,86)(H,92,93)/b49-47+. The van der Waals surface area contributed by atoms with E-state index in [0.717, 1.165) is 51.9 Å². The zero-order valence-electron chi connectivity index (χ0n) is 61.4. The van der Waals surface area contributed by atoms with Gasteiger partial charge in [0.2, 0.25) is 11.8 Å². The highest BCUT2D eigenvalue weighted by atomic mass is 16.8. The third-order valence-electron chi connectivity index (χ3n) is 20.2. The molecule has 0 radical (unpaired) electrons. The van der Waals surface area contributed by atoms with Gasteiger partial charge in [-0.05, 0) is 19.3 Å². The van der Waals surface area contributed by atoms with Crippen LogP contribution in [0.3, 0.4) is 0 Å². The van der Waals surface area contributed by atoms with Crippen molar-refractivity contribution in [3.05, 3.63) is 12.2 Å². The molecule has 0 spiro atoms. The van der Waals surface area contributed by atoms with E-state index < -0.39 is 155 Å². The van der Waals surface area contributed by atoms with Crippen LogP contribution >= 0.6 is 0 Å². The number of carbonyl (C=O) groups is 3. The van der Waals surface area contributed by atoms with Crippen LogP contribution in [0.5, 0.6) is 0 Å². The fourth-order valence-electron chi connectivity index (χ4n) is 13.9. The number of carboxylic acid groups (broad SMARTS) is 1. The Morgan fingerprint density at radius 1 is 0.525 bits per heavy atom. The predicted molar refractivity (Wildman–Crippen MR) is 380 cm³/mol. The number of hydrogen-bond donors (Lipinski definition) is 14. The van der Waals surface area contributed by atoms with Gasteiger partial charge in [-0.15, -0.1) is 0 Å². The van der Waals surface area contributed by atoms with Crippen LogP contribution in [0, 0.1) is 0 Å². The van der Waals surface area contributed by atoms with Crippen molar-refractivity contribution in [2.45, 2.75) is 426 Å². The SMILES string of the molecule is CCCCCCCCCCCCCCCCCCCCCCC/C=C/C(O)C(COC1OC(CO)C(OC2OC(CO)C(O)C(OC3(C(=O)O)CC(O)C(NC(C)=O)C(C(O)C(O)CO)O3)C2O)C(O)C1O)NC(=O)CCCCCCCCCCCCCCCCCCCCCCCC. The number of aliphatic hydroxyl groups is 11. The number of unbranched alkanes of at least 4 members (excludes halogenated alkanes) is 42. The van der Waals surface area contributed by atoms with Crippen LogP contribution in [0.15, 0.2) is 12.2 Å². The molecule has 18 unspecified atom stereocenters. The maximum Gasteiger partial charge on any atom is 0.364 e. The van der Waals surface area contributed by atoms with E-state index in [-0.39, 0.29) is 12.3 Å². The van der Waals surface area contributed by atoms with Crippen LogP contribution in [0.4, 0.5) is 0 Å². The number of ether oxygens (including phenoxy) is 6. The minimum absolute atomic E-state index is 0.206. The Hall–Kier alpha value is -2.53. The Labute approximate surface area is 594 Å². The number of carbonyl (C=O) groups excluding carboxylic acids is 2. The average Bonchev–Trinajstić information content (AvgIpc) is 0.750. The Morgan fingerprint density at radius 3 is 1.34 bits per heavy atom. The quantitative estimate of drug-likeness (QED) is 0.0199. The van der Waals surface area contributed by atoms with Crippen molar-refractivity contribution in [2.24, 2.45) is 0 Å². The molecule has 3 aliphatic rings. The van der Waals surface area contributed by atoms with Crippen molar-refractivity contribution < 1.29 is 104 Å². The van der Waals surface area contributed by atoms with E-state index >= 15 is 0 Å². The molecule has 23 nitrogen and oxygen atoms in total. The van der Waals surface area contributed by atoms with Crippen LogP contribution in [0.1, 0.15) is 316 Å². The van der Waals surface area contributed by atoms with E-state index in [2.05, 4.69) is 24.5 Å². The molecule has 3 saturated heterocycles. The highest BCUT2D eigenvalue weighted by molar-refractivity contribution is 5.77. The van der Waals surface area contributed by atoms with E-state index in [9.17, 15) is 75.7 Å². The molecule has 18 atom stereocenters. The van der Waals surface area contributed by atoms with E-state index in [1.54, 1.807) is 6.08 Å². The molecule has 0 aromatic heterocycles. The summed E-state index contributed by atoms with van der Waals surface area (Å²) in [6, 6.07) is -2.62. The lowest BCUT2D eigenvalue weighted by Crippen LogP contribution is -2.70. The summed E-state index contributed by atoms with van der Waals surface area (Å²) >= 11 is 0. The van der Waals surface area contributed by atoms with Gasteiger partial charge in [-0.2, -0.15) is 0 Å². The fourth-order valence-corrected chi connectivity index (χ4v) is 13.9. The van der Waals surface area contributed by atoms with Gasteiger partial charge in [0.25, 0.3) is 5.79 Å². The lowest BCUT2D eigenvalue weighted by atomic mass is 9.88. The van der Waals surface area contributed by atoms with Crippen molar-refractivity contribution in [1.82, 2.24) is 10.6 Å². The molecule has 2 amide bonds. The van der Waals surface area contributed by atoms with Crippen LogP contribution in [0.25, 0.3) is 0 Å². The van der Waals surface area contributed by atoms with Crippen LogP contribution in [-0.2, 0) is 42.8 Å². The molecule has 0 bridgehead atoms. The number of allylic oxidation sites excluding steroid dienone is 1. The van der Waals surface area contributed by atoms with Crippen molar-refractivity contribution in [3.8, 4) is 0 Å². The summed E-state index contributed by atoms with van der Waals surface area (Å²) in [6.45, 7) is 2.19. The second kappa shape index (κ2) is 55.9. The monoisotopic (exact) mass is 1420 g/mol. The highest BCUT2D eigenvalue weighted by Gasteiger charge is 2.60. The lowest BCUT2D eigenvalue weighted by Gasteiger charge is -2.50. The molecule has 14 N–H and O–H groups in total. The molecular formula is C76H142N2O21. The normalized spacial score (nSPS) is 27.1. The van der Waals surface area contributed by atoms with Gasteiger partial charge in [-0.25, -0.2) is 4.79 Å². The molecule has 0 aliphatic carbocycles. The molecule has 0 aromatic rings. The van der Waals surface area contributed by atoms with Crippen molar-refractivity contribution in [1.29, 1.82) is 0 Å². The van der Waals surface area contributed by atoms with Gasteiger partial charge in [0.05, 0.1) is 50.7 Å². The van der Waals surface area contributed by atoms with Gasteiger partial charge < -0.3 is 100 Å². The second-order valence-electron chi connectivity index (χ2n) is 28.9. The summed E-state index contributed by atoms with van der Waals surface area (Å²) in [5.74, 6) is -6.13. The number of rotatable bonds is 62. The third-order valence-corrected chi connectivity index (χ3v) is 20.2. The van der Waals surface area contributed by atoms with E-state index in [0.29, 0.717) is 12.8 Å². The number of carboxylic acids is 1. The molecule has 3 rings (SSSR count). The zero-order chi connectivity index (χ0) is 72.5. The summed E-state index contributed by atoms with van der Waals surface area (Å²) < 4.78 is 34.9. The minimum atomic E-state index is -3.08. The van der Waals surface area contributed by atoms with Crippen LogP contribution in [-0.4, -0.2) is 215 Å². The van der Waals surface area contributed by atoms with Gasteiger partial charge in [0.1, 0.15) is 67.1 Å². The molecule has 582 valence electrons. The summed E-state index contributed by atoms with van der Waals surface area (Å²) in [5, 5.41) is 136. The summed E-state index contributed by atoms with van der Waals surface area (Å²) in [6.07, 6.45) is 29.6. The lowest BCUT2D eigenvalue weighted by molar-refractivity contribution is -0.386. The van der Waals surface area contributed by atoms with Crippen molar-refractivity contribution in [2.75, 3.05) is 26.4 Å². The number of nitrogens with one attached hydrogen (secondary N) is 2. The van der Waals surface area contributed by atoms with Gasteiger partial charge >= 0.3 is 5.97 Å². The minimum Gasteiger partial charge on any atom is -0.477 e. The Morgan fingerprint density at radius 2 is 0.939 bits per heavy atom. The Kier molecular flexibility index (Phi) is 51.2. The molecule has 99 heavy (non-hydrogen) atoms. The van der Waals surface area contributed by atoms with E-state index in [1.165, 1.54) is 225 Å². The largest absolute Gasteiger partial charge is 0.477 e. The first-order valence-electron chi connectivity index (χ1n) is 39.6. The Bertz CT molecular complexity index is 2030. The molecule has 3 aliphatic heterocycles. The van der Waals surface area contributed by atoms with E-state index in [1.807, 2.05) is 6.08 Å². The smallest absolute Gasteiger partial charge is 0.364 e. The maximum absolute atomic E-state index is 13.5. The average molecular weight is 1420 g/mol. The molecular weight excluding hydrogens is 1280 g/mol. The van der Waals surface area contributed by atoms with Gasteiger partial charge in [0.15, 0.2) is 12.6 Å². The third kappa shape index (κ3) is 36.8. The molecule has 3 heterocycles.